The fourth-order valence-corrected chi connectivity index (χ4v) is 3.88. The van der Waals surface area contributed by atoms with Crippen molar-refractivity contribution in [3.05, 3.63) is 53.9 Å². The van der Waals surface area contributed by atoms with Gasteiger partial charge in [-0.1, -0.05) is 12.1 Å². The average Bonchev–Trinajstić information content (AvgIpc) is 3.15. The molecule has 0 saturated carbocycles. The van der Waals surface area contributed by atoms with Gasteiger partial charge in [0.25, 0.3) is 0 Å². The van der Waals surface area contributed by atoms with E-state index in [4.69, 9.17) is 4.74 Å². The van der Waals surface area contributed by atoms with Gasteiger partial charge in [0, 0.05) is 28.5 Å². The van der Waals surface area contributed by atoms with Gasteiger partial charge in [0.05, 0.1) is 18.6 Å². The minimum absolute atomic E-state index is 0.115. The monoisotopic (exact) mass is 413 g/mol. The molecule has 3 aromatic rings. The van der Waals surface area contributed by atoms with Crippen LogP contribution in [0.25, 0.3) is 11.3 Å². The molecular formula is C20H19N3O3S2. The topological polar surface area (TPSA) is 80.3 Å². The number of aromatic nitrogens is 1. The summed E-state index contributed by atoms with van der Waals surface area (Å²) in [6.45, 7) is 1.46. The van der Waals surface area contributed by atoms with Crippen molar-refractivity contribution in [2.24, 2.45) is 0 Å². The van der Waals surface area contributed by atoms with Crippen LogP contribution in [0.2, 0.25) is 0 Å². The number of carbonyl (C=O) groups excluding carboxylic acids is 2. The van der Waals surface area contributed by atoms with Crippen LogP contribution in [-0.2, 0) is 9.59 Å². The van der Waals surface area contributed by atoms with Crippen molar-refractivity contribution in [1.29, 1.82) is 0 Å². The van der Waals surface area contributed by atoms with E-state index < -0.39 is 0 Å². The molecule has 28 heavy (non-hydrogen) atoms. The molecule has 3 rings (SSSR count). The molecule has 2 amide bonds. The van der Waals surface area contributed by atoms with Crippen LogP contribution in [0.4, 0.5) is 10.8 Å². The minimum Gasteiger partial charge on any atom is -0.496 e. The highest BCUT2D eigenvalue weighted by Gasteiger charge is 2.11. The van der Waals surface area contributed by atoms with E-state index >= 15 is 0 Å². The van der Waals surface area contributed by atoms with E-state index in [9.17, 15) is 9.59 Å². The third kappa shape index (κ3) is 5.34. The smallest absolute Gasteiger partial charge is 0.236 e. The fourth-order valence-electron chi connectivity index (χ4n) is 2.45. The summed E-state index contributed by atoms with van der Waals surface area (Å²) in [5.74, 6) is 0.764. The molecule has 0 aliphatic carbocycles. The maximum absolute atomic E-state index is 12.2. The second-order valence-electron chi connectivity index (χ2n) is 5.78. The van der Waals surface area contributed by atoms with Crippen LogP contribution < -0.4 is 15.4 Å². The lowest BCUT2D eigenvalue weighted by Gasteiger charge is -2.05. The molecule has 2 N–H and O–H groups in total. The number of methoxy groups -OCH3 is 1. The lowest BCUT2D eigenvalue weighted by molar-refractivity contribution is -0.114. The molecule has 144 valence electrons. The predicted molar refractivity (Wildman–Crippen MR) is 114 cm³/mol. The van der Waals surface area contributed by atoms with E-state index in [-0.39, 0.29) is 17.6 Å². The molecule has 0 spiro atoms. The summed E-state index contributed by atoms with van der Waals surface area (Å²) in [7, 11) is 1.62. The Balaban J connectivity index is 1.55. The van der Waals surface area contributed by atoms with Gasteiger partial charge in [-0.15, -0.1) is 23.1 Å². The molecule has 2 aromatic carbocycles. The third-order valence-corrected chi connectivity index (χ3v) is 5.45. The van der Waals surface area contributed by atoms with Crippen molar-refractivity contribution in [3.63, 3.8) is 0 Å². The number of nitrogens with one attached hydrogen (secondary N) is 2. The molecule has 0 atom stereocenters. The molecule has 6 nitrogen and oxygen atoms in total. The highest BCUT2D eigenvalue weighted by molar-refractivity contribution is 8.00. The first-order valence-electron chi connectivity index (χ1n) is 8.44. The summed E-state index contributed by atoms with van der Waals surface area (Å²) in [4.78, 5) is 28.7. The van der Waals surface area contributed by atoms with Crippen LogP contribution in [0.3, 0.4) is 0 Å². The Hall–Kier alpha value is -2.84. The Kier molecular flexibility index (Phi) is 6.67. The first kappa shape index (κ1) is 19.9. The fraction of sp³-hybridized carbons (Fsp3) is 0.150. The van der Waals surface area contributed by atoms with Gasteiger partial charge in [-0.2, -0.15) is 0 Å². The zero-order valence-corrected chi connectivity index (χ0v) is 17.0. The second-order valence-corrected chi connectivity index (χ2v) is 7.69. The summed E-state index contributed by atoms with van der Waals surface area (Å²) >= 11 is 2.79. The number of nitrogens with zero attached hydrogens (tertiary/aromatic N) is 1. The average molecular weight is 414 g/mol. The molecule has 0 saturated heterocycles. The van der Waals surface area contributed by atoms with Gasteiger partial charge in [-0.3, -0.25) is 9.59 Å². The first-order chi connectivity index (χ1) is 13.5. The number of hydrogen-bond donors (Lipinski definition) is 2. The van der Waals surface area contributed by atoms with E-state index in [0.29, 0.717) is 5.13 Å². The lowest BCUT2D eigenvalue weighted by Crippen LogP contribution is -2.13. The molecular weight excluding hydrogens is 394 g/mol. The van der Waals surface area contributed by atoms with Crippen LogP contribution >= 0.6 is 23.1 Å². The Morgan fingerprint density at radius 2 is 1.86 bits per heavy atom. The molecule has 0 unspecified atom stereocenters. The number of benzene rings is 2. The number of anilines is 2. The molecule has 0 bridgehead atoms. The van der Waals surface area contributed by atoms with Gasteiger partial charge >= 0.3 is 0 Å². The summed E-state index contributed by atoms with van der Waals surface area (Å²) in [6, 6.07) is 15.0. The molecule has 8 heteroatoms. The van der Waals surface area contributed by atoms with Crippen molar-refractivity contribution in [3.8, 4) is 17.0 Å². The van der Waals surface area contributed by atoms with Gasteiger partial charge in [-0.05, 0) is 36.4 Å². The van der Waals surface area contributed by atoms with Gasteiger partial charge in [-0.25, -0.2) is 4.98 Å². The predicted octanol–water partition coefficient (Wildman–Crippen LogP) is 4.51. The van der Waals surface area contributed by atoms with Crippen molar-refractivity contribution in [2.45, 2.75) is 11.8 Å². The van der Waals surface area contributed by atoms with E-state index in [1.165, 1.54) is 30.0 Å². The quantitative estimate of drug-likeness (QED) is 0.557. The Morgan fingerprint density at radius 1 is 1.11 bits per heavy atom. The van der Waals surface area contributed by atoms with E-state index in [0.717, 1.165) is 27.6 Å². The number of hydrogen-bond acceptors (Lipinski definition) is 6. The maximum Gasteiger partial charge on any atom is 0.236 e. The van der Waals surface area contributed by atoms with Crippen molar-refractivity contribution >= 4 is 45.7 Å². The number of ether oxygens (including phenoxy) is 1. The van der Waals surface area contributed by atoms with Crippen LogP contribution in [0, 0.1) is 0 Å². The van der Waals surface area contributed by atoms with Crippen LogP contribution in [0.5, 0.6) is 5.75 Å². The number of thioether (sulfide) groups is 1. The molecule has 1 aromatic heterocycles. The zero-order chi connectivity index (χ0) is 19.9. The van der Waals surface area contributed by atoms with Gasteiger partial charge in [0.15, 0.2) is 5.13 Å². The highest BCUT2D eigenvalue weighted by atomic mass is 32.2. The standard InChI is InChI=1S/C20H19N3O3S2/c1-13(24)21-14-7-9-15(10-8-14)27-12-19(25)23-20-22-17(11-28-20)16-5-3-4-6-18(16)26-2/h3-11H,12H2,1-2H3,(H,21,24)(H,22,23,25). The van der Waals surface area contributed by atoms with Crippen LogP contribution in [0.15, 0.2) is 58.8 Å². The molecule has 0 aliphatic rings. The van der Waals surface area contributed by atoms with E-state index in [1.54, 1.807) is 7.11 Å². The Bertz CT molecular complexity index is 971. The number of para-hydroxylation sites is 1. The third-order valence-electron chi connectivity index (χ3n) is 3.68. The summed E-state index contributed by atoms with van der Waals surface area (Å²) in [6.07, 6.45) is 0. The second kappa shape index (κ2) is 9.38. The number of rotatable bonds is 7. The zero-order valence-electron chi connectivity index (χ0n) is 15.4. The number of thiazole rings is 1. The Morgan fingerprint density at radius 3 is 2.57 bits per heavy atom. The molecule has 1 heterocycles. The van der Waals surface area contributed by atoms with Gasteiger partial charge in [0.1, 0.15) is 5.75 Å². The minimum atomic E-state index is -0.128. The number of amides is 2. The molecule has 0 radical (unpaired) electrons. The first-order valence-corrected chi connectivity index (χ1v) is 10.3. The molecule has 0 fully saturated rings. The van der Waals surface area contributed by atoms with Crippen molar-refractivity contribution in [1.82, 2.24) is 4.98 Å². The largest absolute Gasteiger partial charge is 0.496 e. The van der Waals surface area contributed by atoms with Gasteiger partial charge < -0.3 is 15.4 Å². The maximum atomic E-state index is 12.2. The summed E-state index contributed by atoms with van der Waals surface area (Å²) < 4.78 is 5.36. The van der Waals surface area contributed by atoms with Gasteiger partial charge in [0.2, 0.25) is 11.8 Å². The van der Waals surface area contributed by atoms with E-state index in [2.05, 4.69) is 15.6 Å². The number of carbonyl (C=O) groups is 2. The van der Waals surface area contributed by atoms with Crippen molar-refractivity contribution in [2.75, 3.05) is 23.5 Å². The van der Waals surface area contributed by atoms with Crippen LogP contribution in [0.1, 0.15) is 6.92 Å². The Labute approximate surface area is 171 Å². The van der Waals surface area contributed by atoms with Crippen molar-refractivity contribution < 1.29 is 14.3 Å². The molecule has 0 aliphatic heterocycles. The van der Waals surface area contributed by atoms with E-state index in [1.807, 2.05) is 53.9 Å². The lowest BCUT2D eigenvalue weighted by atomic mass is 10.1. The summed E-state index contributed by atoms with van der Waals surface area (Å²) in [5, 5.41) is 7.98. The normalized spacial score (nSPS) is 10.4. The highest BCUT2D eigenvalue weighted by Crippen LogP contribution is 2.32. The SMILES string of the molecule is COc1ccccc1-c1csc(NC(=O)CSc2ccc(NC(C)=O)cc2)n1. The summed E-state index contributed by atoms with van der Waals surface area (Å²) in [5.41, 5.74) is 2.38. The van der Waals surface area contributed by atoms with Crippen LogP contribution in [-0.4, -0.2) is 29.7 Å².